The second-order valence-corrected chi connectivity index (χ2v) is 7.33. The fraction of sp³-hybridized carbons (Fsp3) is 0.700. The maximum absolute atomic E-state index is 6.10. The van der Waals surface area contributed by atoms with Crippen molar-refractivity contribution in [2.45, 2.75) is 45.4 Å². The minimum absolute atomic E-state index is 0.575. The molecule has 3 heteroatoms. The minimum atomic E-state index is 0.575. The van der Waals surface area contributed by atoms with Gasteiger partial charge in [-0.1, -0.05) is 26.0 Å². The summed E-state index contributed by atoms with van der Waals surface area (Å²) in [7, 11) is 0. The average Bonchev–Trinajstić information content (AvgIpc) is 3.39. The molecule has 2 aliphatic rings. The third-order valence-electron chi connectivity index (χ3n) is 4.95. The van der Waals surface area contributed by atoms with Gasteiger partial charge in [0.2, 0.25) is 0 Å². The van der Waals surface area contributed by atoms with Crippen molar-refractivity contribution in [3.63, 3.8) is 0 Å². The van der Waals surface area contributed by atoms with Crippen LogP contribution in [0, 0.1) is 5.92 Å². The molecule has 3 rings (SSSR count). The van der Waals surface area contributed by atoms with E-state index in [0.29, 0.717) is 5.92 Å². The molecule has 128 valence electrons. The molecule has 3 nitrogen and oxygen atoms in total. The number of aryl methyl sites for hydroxylation is 1. The highest BCUT2D eigenvalue weighted by Gasteiger charge is 2.22. The van der Waals surface area contributed by atoms with Gasteiger partial charge in [-0.3, -0.25) is 4.90 Å². The fourth-order valence-electron chi connectivity index (χ4n) is 3.10. The first-order chi connectivity index (χ1) is 11.2. The highest BCUT2D eigenvalue weighted by atomic mass is 16.5. The van der Waals surface area contributed by atoms with Crippen molar-refractivity contribution in [2.75, 3.05) is 39.5 Å². The Morgan fingerprint density at radius 1 is 1.22 bits per heavy atom. The van der Waals surface area contributed by atoms with Gasteiger partial charge in [0.15, 0.2) is 0 Å². The van der Waals surface area contributed by atoms with E-state index in [-0.39, 0.29) is 0 Å². The van der Waals surface area contributed by atoms with Crippen molar-refractivity contribution in [3.05, 3.63) is 29.3 Å². The fourth-order valence-corrected chi connectivity index (χ4v) is 3.10. The van der Waals surface area contributed by atoms with Crippen molar-refractivity contribution in [2.24, 2.45) is 5.92 Å². The Kier molecular flexibility index (Phi) is 5.96. The largest absolute Gasteiger partial charge is 0.493 e. The van der Waals surface area contributed by atoms with Gasteiger partial charge in [-0.05, 0) is 61.3 Å². The molecular weight excluding hydrogens is 286 g/mol. The van der Waals surface area contributed by atoms with Crippen LogP contribution in [-0.4, -0.2) is 44.4 Å². The molecule has 0 radical (unpaired) electrons. The SMILES string of the molecule is CC(C)c1ccc(OCC2CC2)c(CCCN2CCOCC2)c1. The van der Waals surface area contributed by atoms with Crippen LogP contribution in [0.1, 0.15) is 50.2 Å². The van der Waals surface area contributed by atoms with E-state index in [1.165, 1.54) is 30.4 Å². The van der Waals surface area contributed by atoms with Gasteiger partial charge in [-0.2, -0.15) is 0 Å². The molecule has 0 bridgehead atoms. The number of ether oxygens (including phenoxy) is 2. The molecule has 0 unspecified atom stereocenters. The molecule has 1 aromatic rings. The monoisotopic (exact) mass is 317 g/mol. The molecule has 23 heavy (non-hydrogen) atoms. The predicted octanol–water partition coefficient (Wildman–Crippen LogP) is 3.86. The van der Waals surface area contributed by atoms with Crippen LogP contribution in [0.15, 0.2) is 18.2 Å². The third-order valence-corrected chi connectivity index (χ3v) is 4.95. The van der Waals surface area contributed by atoms with Crippen LogP contribution in [0.5, 0.6) is 5.75 Å². The van der Waals surface area contributed by atoms with Crippen LogP contribution in [0.3, 0.4) is 0 Å². The summed E-state index contributed by atoms with van der Waals surface area (Å²) in [5.41, 5.74) is 2.82. The molecule has 0 amide bonds. The van der Waals surface area contributed by atoms with Crippen LogP contribution in [0.4, 0.5) is 0 Å². The molecule has 0 atom stereocenters. The molecule has 1 saturated carbocycles. The second-order valence-electron chi connectivity index (χ2n) is 7.33. The van der Waals surface area contributed by atoms with Crippen molar-refractivity contribution in [1.82, 2.24) is 4.90 Å². The molecule has 1 aliphatic carbocycles. The van der Waals surface area contributed by atoms with E-state index in [4.69, 9.17) is 9.47 Å². The van der Waals surface area contributed by atoms with Gasteiger partial charge in [-0.15, -0.1) is 0 Å². The predicted molar refractivity (Wildman–Crippen MR) is 94.3 cm³/mol. The summed E-state index contributed by atoms with van der Waals surface area (Å²) in [6, 6.07) is 6.80. The number of benzene rings is 1. The Hall–Kier alpha value is -1.06. The molecular formula is C20H31NO2. The molecule has 0 aromatic heterocycles. The van der Waals surface area contributed by atoms with Crippen LogP contribution in [-0.2, 0) is 11.2 Å². The maximum atomic E-state index is 6.10. The molecule has 1 aliphatic heterocycles. The topological polar surface area (TPSA) is 21.7 Å². The highest BCUT2D eigenvalue weighted by Crippen LogP contribution is 2.31. The van der Waals surface area contributed by atoms with Crippen LogP contribution in [0.25, 0.3) is 0 Å². The van der Waals surface area contributed by atoms with Crippen molar-refractivity contribution >= 4 is 0 Å². The van der Waals surface area contributed by atoms with Gasteiger partial charge in [0.1, 0.15) is 5.75 Å². The molecule has 0 spiro atoms. The van der Waals surface area contributed by atoms with Gasteiger partial charge in [-0.25, -0.2) is 0 Å². The van der Waals surface area contributed by atoms with Crippen molar-refractivity contribution < 1.29 is 9.47 Å². The zero-order valence-electron chi connectivity index (χ0n) is 14.7. The molecule has 1 heterocycles. The van der Waals surface area contributed by atoms with E-state index in [2.05, 4.69) is 36.9 Å². The Bertz CT molecular complexity index is 490. The van der Waals surface area contributed by atoms with Gasteiger partial charge in [0.05, 0.1) is 19.8 Å². The Morgan fingerprint density at radius 2 is 2.00 bits per heavy atom. The first-order valence-electron chi connectivity index (χ1n) is 9.28. The van der Waals surface area contributed by atoms with Crippen molar-refractivity contribution in [3.8, 4) is 5.75 Å². The van der Waals surface area contributed by atoms with E-state index in [9.17, 15) is 0 Å². The van der Waals surface area contributed by atoms with Gasteiger partial charge < -0.3 is 9.47 Å². The van der Waals surface area contributed by atoms with Gasteiger partial charge >= 0.3 is 0 Å². The van der Waals surface area contributed by atoms with E-state index >= 15 is 0 Å². The summed E-state index contributed by atoms with van der Waals surface area (Å²) in [4.78, 5) is 2.51. The summed E-state index contributed by atoms with van der Waals surface area (Å²) in [6.07, 6.45) is 4.99. The minimum Gasteiger partial charge on any atom is -0.493 e. The summed E-state index contributed by atoms with van der Waals surface area (Å²) < 4.78 is 11.5. The van der Waals surface area contributed by atoms with Crippen LogP contribution >= 0.6 is 0 Å². The number of rotatable bonds is 8. The van der Waals surface area contributed by atoms with Gasteiger partial charge in [0.25, 0.3) is 0 Å². The van der Waals surface area contributed by atoms with Crippen LogP contribution < -0.4 is 4.74 Å². The van der Waals surface area contributed by atoms with E-state index in [0.717, 1.165) is 57.5 Å². The number of nitrogens with zero attached hydrogens (tertiary/aromatic N) is 1. The first kappa shape index (κ1) is 16.8. The summed E-state index contributed by atoms with van der Waals surface area (Å²) in [6.45, 7) is 10.5. The number of hydrogen-bond donors (Lipinski definition) is 0. The summed E-state index contributed by atoms with van der Waals surface area (Å²) in [5.74, 6) is 2.50. The van der Waals surface area contributed by atoms with Crippen LogP contribution in [0.2, 0.25) is 0 Å². The first-order valence-corrected chi connectivity index (χ1v) is 9.28. The zero-order chi connectivity index (χ0) is 16.1. The summed E-state index contributed by atoms with van der Waals surface area (Å²) >= 11 is 0. The van der Waals surface area contributed by atoms with E-state index in [1.807, 2.05) is 0 Å². The lowest BCUT2D eigenvalue weighted by Crippen LogP contribution is -2.36. The zero-order valence-corrected chi connectivity index (χ0v) is 14.7. The highest BCUT2D eigenvalue weighted by molar-refractivity contribution is 5.38. The molecule has 1 saturated heterocycles. The third kappa shape index (κ3) is 5.22. The normalized spacial score (nSPS) is 19.3. The van der Waals surface area contributed by atoms with E-state index in [1.54, 1.807) is 0 Å². The number of hydrogen-bond acceptors (Lipinski definition) is 3. The van der Waals surface area contributed by atoms with Gasteiger partial charge in [0, 0.05) is 13.1 Å². The Labute approximate surface area is 141 Å². The molecule has 1 aromatic carbocycles. The lowest BCUT2D eigenvalue weighted by molar-refractivity contribution is 0.0374. The van der Waals surface area contributed by atoms with E-state index < -0.39 is 0 Å². The Balaban J connectivity index is 1.57. The maximum Gasteiger partial charge on any atom is 0.122 e. The lowest BCUT2D eigenvalue weighted by atomic mass is 9.98. The number of morpholine rings is 1. The molecule has 0 N–H and O–H groups in total. The average molecular weight is 317 g/mol. The molecule has 2 fully saturated rings. The standard InChI is InChI=1S/C20H31NO2/c1-16(2)18-7-8-20(23-15-17-5-6-17)19(14-18)4-3-9-21-10-12-22-13-11-21/h7-8,14,16-17H,3-6,9-13,15H2,1-2H3. The quantitative estimate of drug-likeness (QED) is 0.726. The van der Waals surface area contributed by atoms with Crippen molar-refractivity contribution in [1.29, 1.82) is 0 Å². The summed E-state index contributed by atoms with van der Waals surface area (Å²) in [5, 5.41) is 0. The lowest BCUT2D eigenvalue weighted by Gasteiger charge is -2.26. The second kappa shape index (κ2) is 8.16. The smallest absolute Gasteiger partial charge is 0.122 e. The Morgan fingerprint density at radius 3 is 2.70 bits per heavy atom.